The van der Waals surface area contributed by atoms with Crippen LogP contribution in [-0.4, -0.2) is 18.0 Å². The molecule has 30 heavy (non-hydrogen) atoms. The summed E-state index contributed by atoms with van der Waals surface area (Å²) in [6, 6.07) is 19.9. The van der Waals surface area contributed by atoms with Gasteiger partial charge in [0.1, 0.15) is 12.4 Å². The fourth-order valence-electron chi connectivity index (χ4n) is 2.80. The Hall–Kier alpha value is -2.80. The molecule has 0 unspecified atom stereocenters. The summed E-state index contributed by atoms with van der Waals surface area (Å²) < 4.78 is 5.85. The second kappa shape index (κ2) is 10.8. The lowest BCUT2D eigenvalue weighted by atomic mass is 10.2. The van der Waals surface area contributed by atoms with Gasteiger partial charge in [-0.3, -0.25) is 10.1 Å². The highest BCUT2D eigenvalue weighted by Gasteiger charge is 2.08. The predicted molar refractivity (Wildman–Crippen MR) is 121 cm³/mol. The van der Waals surface area contributed by atoms with Gasteiger partial charge in [0.2, 0.25) is 0 Å². The first kappa shape index (κ1) is 21.9. The maximum absolute atomic E-state index is 10.8. The zero-order valence-corrected chi connectivity index (χ0v) is 17.6. The van der Waals surface area contributed by atoms with Crippen molar-refractivity contribution in [2.75, 3.05) is 18.4 Å². The van der Waals surface area contributed by atoms with Crippen molar-refractivity contribution >= 4 is 34.6 Å². The summed E-state index contributed by atoms with van der Waals surface area (Å²) in [7, 11) is 0. The van der Waals surface area contributed by atoms with E-state index >= 15 is 0 Å². The first-order chi connectivity index (χ1) is 14.5. The van der Waals surface area contributed by atoms with Crippen molar-refractivity contribution in [1.82, 2.24) is 5.32 Å². The lowest BCUT2D eigenvalue weighted by Gasteiger charge is -2.11. The Morgan fingerprint density at radius 1 is 0.933 bits per heavy atom. The smallest absolute Gasteiger partial charge is 0.271 e. The van der Waals surface area contributed by atoms with Crippen LogP contribution in [0.5, 0.6) is 5.75 Å². The van der Waals surface area contributed by atoms with E-state index in [9.17, 15) is 10.1 Å². The van der Waals surface area contributed by atoms with E-state index in [4.69, 9.17) is 27.9 Å². The van der Waals surface area contributed by atoms with E-state index in [2.05, 4.69) is 10.6 Å². The van der Waals surface area contributed by atoms with Gasteiger partial charge in [-0.15, -0.1) is 0 Å². The highest BCUT2D eigenvalue weighted by molar-refractivity contribution is 6.33. The molecule has 0 saturated carbocycles. The van der Waals surface area contributed by atoms with Gasteiger partial charge >= 0.3 is 0 Å². The van der Waals surface area contributed by atoms with E-state index in [1.807, 2.05) is 48.5 Å². The molecule has 0 aromatic heterocycles. The maximum Gasteiger partial charge on any atom is 0.271 e. The first-order valence-corrected chi connectivity index (χ1v) is 10.1. The Morgan fingerprint density at radius 2 is 1.77 bits per heavy atom. The molecule has 0 fully saturated rings. The molecule has 0 heterocycles. The van der Waals surface area contributed by atoms with Crippen molar-refractivity contribution in [3.8, 4) is 5.75 Å². The number of non-ortho nitro benzene ring substituents is 1. The van der Waals surface area contributed by atoms with Crippen LogP contribution in [0.25, 0.3) is 0 Å². The van der Waals surface area contributed by atoms with Gasteiger partial charge < -0.3 is 15.4 Å². The van der Waals surface area contributed by atoms with Gasteiger partial charge in [-0.05, 0) is 29.8 Å². The first-order valence-electron chi connectivity index (χ1n) is 9.36. The van der Waals surface area contributed by atoms with Crippen LogP contribution in [0.1, 0.15) is 11.1 Å². The van der Waals surface area contributed by atoms with Gasteiger partial charge in [-0.25, -0.2) is 0 Å². The number of hydrogen-bond acceptors (Lipinski definition) is 5. The summed E-state index contributed by atoms with van der Waals surface area (Å²) in [5, 5.41) is 18.3. The van der Waals surface area contributed by atoms with Crippen molar-refractivity contribution in [3.63, 3.8) is 0 Å². The van der Waals surface area contributed by atoms with E-state index in [0.717, 1.165) is 16.9 Å². The second-order valence-electron chi connectivity index (χ2n) is 6.55. The van der Waals surface area contributed by atoms with Crippen LogP contribution in [0.2, 0.25) is 10.0 Å². The van der Waals surface area contributed by atoms with Gasteiger partial charge in [0.25, 0.3) is 5.69 Å². The Balaban J connectivity index is 1.42. The number of anilines is 1. The van der Waals surface area contributed by atoms with Crippen LogP contribution >= 0.6 is 23.2 Å². The number of rotatable bonds is 10. The molecule has 0 amide bonds. The van der Waals surface area contributed by atoms with Gasteiger partial charge in [0.05, 0.1) is 15.6 Å². The van der Waals surface area contributed by atoms with Crippen LogP contribution < -0.4 is 15.4 Å². The molecule has 0 spiro atoms. The van der Waals surface area contributed by atoms with E-state index in [1.165, 1.54) is 12.1 Å². The number of nitro groups is 1. The molecule has 3 rings (SSSR count). The fourth-order valence-corrected chi connectivity index (χ4v) is 3.23. The number of nitrogens with zero attached hydrogens (tertiary/aromatic N) is 1. The Kier molecular flexibility index (Phi) is 7.90. The highest BCUT2D eigenvalue weighted by Crippen LogP contribution is 2.26. The minimum absolute atomic E-state index is 0.0275. The van der Waals surface area contributed by atoms with Gasteiger partial charge in [0, 0.05) is 42.4 Å². The van der Waals surface area contributed by atoms with Crippen LogP contribution in [0.4, 0.5) is 11.4 Å². The third kappa shape index (κ3) is 6.35. The molecule has 8 heteroatoms. The molecular weight excluding hydrogens is 425 g/mol. The number of hydrogen-bond donors (Lipinski definition) is 2. The molecule has 0 aliphatic carbocycles. The molecule has 2 N–H and O–H groups in total. The lowest BCUT2D eigenvalue weighted by molar-refractivity contribution is -0.384. The Bertz CT molecular complexity index is 1010. The van der Waals surface area contributed by atoms with Crippen LogP contribution in [0.3, 0.4) is 0 Å². The molecule has 156 valence electrons. The normalized spacial score (nSPS) is 10.6. The predicted octanol–water partition coefficient (Wildman–Crippen LogP) is 5.68. The average molecular weight is 446 g/mol. The van der Waals surface area contributed by atoms with Gasteiger partial charge in [-0.1, -0.05) is 53.5 Å². The van der Waals surface area contributed by atoms with Gasteiger partial charge in [-0.2, -0.15) is 0 Å². The third-order valence-electron chi connectivity index (χ3n) is 4.36. The summed E-state index contributed by atoms with van der Waals surface area (Å²) in [5.41, 5.74) is 2.68. The number of nitro benzene ring substituents is 1. The summed E-state index contributed by atoms with van der Waals surface area (Å²) in [6.45, 7) is 2.41. The summed E-state index contributed by atoms with van der Waals surface area (Å²) in [6.07, 6.45) is 0. The minimum atomic E-state index is -0.469. The van der Waals surface area contributed by atoms with Crippen molar-refractivity contribution in [3.05, 3.63) is 98.0 Å². The molecule has 0 atom stereocenters. The third-order valence-corrected chi connectivity index (χ3v) is 5.04. The van der Waals surface area contributed by atoms with E-state index in [0.29, 0.717) is 42.0 Å². The SMILES string of the molecule is O=[N+]([O-])c1ccc(NCCNCc2cccc(OCc3ccccc3Cl)c2)c(Cl)c1. The molecule has 6 nitrogen and oxygen atoms in total. The molecule has 3 aromatic rings. The minimum Gasteiger partial charge on any atom is -0.489 e. The molecule has 0 bridgehead atoms. The van der Waals surface area contributed by atoms with E-state index in [-0.39, 0.29) is 5.69 Å². The summed E-state index contributed by atoms with van der Waals surface area (Å²) in [5.74, 6) is 0.782. The molecule has 3 aromatic carbocycles. The Morgan fingerprint density at radius 3 is 2.53 bits per heavy atom. The van der Waals surface area contributed by atoms with Gasteiger partial charge in [0.15, 0.2) is 0 Å². The highest BCUT2D eigenvalue weighted by atomic mass is 35.5. The van der Waals surface area contributed by atoms with Crippen molar-refractivity contribution in [2.24, 2.45) is 0 Å². The van der Waals surface area contributed by atoms with Crippen LogP contribution in [0.15, 0.2) is 66.7 Å². The second-order valence-corrected chi connectivity index (χ2v) is 7.37. The lowest BCUT2D eigenvalue weighted by Crippen LogP contribution is -2.21. The molecule has 0 aliphatic heterocycles. The summed E-state index contributed by atoms with van der Waals surface area (Å²) in [4.78, 5) is 10.3. The molecule has 0 radical (unpaired) electrons. The molecular formula is C22H21Cl2N3O3. The van der Waals surface area contributed by atoms with Crippen molar-refractivity contribution < 1.29 is 9.66 Å². The topological polar surface area (TPSA) is 76.4 Å². The zero-order chi connectivity index (χ0) is 21.3. The maximum atomic E-state index is 10.8. The average Bonchev–Trinajstić information content (AvgIpc) is 2.74. The number of ether oxygens (including phenoxy) is 1. The van der Waals surface area contributed by atoms with Crippen LogP contribution in [-0.2, 0) is 13.2 Å². The molecule has 0 aliphatic rings. The number of nitrogens with one attached hydrogen (secondary N) is 2. The largest absolute Gasteiger partial charge is 0.489 e. The number of benzene rings is 3. The quantitative estimate of drug-likeness (QED) is 0.238. The molecule has 0 saturated heterocycles. The van der Waals surface area contributed by atoms with Crippen molar-refractivity contribution in [2.45, 2.75) is 13.2 Å². The van der Waals surface area contributed by atoms with Crippen molar-refractivity contribution in [1.29, 1.82) is 0 Å². The monoisotopic (exact) mass is 445 g/mol. The standard InChI is InChI=1S/C22H21Cl2N3O3/c23-20-7-2-1-5-17(20)15-30-19-6-3-4-16(12-19)14-25-10-11-26-22-9-8-18(27(28)29)13-21(22)24/h1-9,12-13,25-26H,10-11,14-15H2. The summed E-state index contributed by atoms with van der Waals surface area (Å²) >= 11 is 12.2. The number of halogens is 2. The fraction of sp³-hybridized carbons (Fsp3) is 0.182. The zero-order valence-electron chi connectivity index (χ0n) is 16.1. The van der Waals surface area contributed by atoms with E-state index in [1.54, 1.807) is 6.07 Å². The van der Waals surface area contributed by atoms with Crippen LogP contribution in [0, 0.1) is 10.1 Å². The Labute approximate surface area is 184 Å². The van der Waals surface area contributed by atoms with E-state index < -0.39 is 4.92 Å².